The Hall–Kier alpha value is -2.54. The zero-order chi connectivity index (χ0) is 20.5. The van der Waals surface area contributed by atoms with Gasteiger partial charge in [0.15, 0.2) is 10.9 Å². The molecule has 1 aromatic heterocycles. The molecule has 1 aliphatic heterocycles. The summed E-state index contributed by atoms with van der Waals surface area (Å²) in [5.74, 6) is 0.312. The lowest BCUT2D eigenvalue weighted by molar-refractivity contribution is -0.116. The molecule has 0 spiro atoms. The zero-order valence-corrected chi connectivity index (χ0v) is 17.9. The highest BCUT2D eigenvalue weighted by Gasteiger charge is 2.37. The first kappa shape index (κ1) is 19.8. The van der Waals surface area contributed by atoms with Crippen molar-refractivity contribution in [3.05, 3.63) is 57.0 Å². The van der Waals surface area contributed by atoms with E-state index in [-0.39, 0.29) is 17.3 Å². The maximum atomic E-state index is 13.0. The first-order chi connectivity index (χ1) is 14.1. The quantitative estimate of drug-likeness (QED) is 0.575. The van der Waals surface area contributed by atoms with Crippen LogP contribution in [0.5, 0.6) is 0 Å². The Morgan fingerprint density at radius 2 is 1.86 bits per heavy atom. The fraction of sp³-hybridized carbons (Fsp3) is 0.409. The number of aromatic amines is 1. The summed E-state index contributed by atoms with van der Waals surface area (Å²) in [6.07, 6.45) is 4.04. The molecule has 152 valence electrons. The van der Waals surface area contributed by atoms with Crippen molar-refractivity contribution in [3.63, 3.8) is 0 Å². The molecule has 7 heteroatoms. The number of benzene rings is 1. The Balaban J connectivity index is 1.87. The highest BCUT2D eigenvalue weighted by atomic mass is 32.2. The minimum atomic E-state index is -0.382. The smallest absolute Gasteiger partial charge is 0.257 e. The van der Waals surface area contributed by atoms with E-state index >= 15 is 0 Å². The van der Waals surface area contributed by atoms with Gasteiger partial charge in [0.1, 0.15) is 5.82 Å². The maximum absolute atomic E-state index is 13.0. The number of carbonyl (C=O) groups excluding carboxylic acids is 1. The van der Waals surface area contributed by atoms with Gasteiger partial charge in [-0.3, -0.25) is 9.59 Å². The van der Waals surface area contributed by atoms with Crippen LogP contribution < -0.4 is 15.8 Å². The van der Waals surface area contributed by atoms with Crippen LogP contribution in [0.3, 0.4) is 0 Å². The lowest BCUT2D eigenvalue weighted by Gasteiger charge is -2.33. The summed E-state index contributed by atoms with van der Waals surface area (Å²) < 4.78 is 0. The number of fused-ring (bicyclic) bond motifs is 1. The molecule has 1 aliphatic carbocycles. The predicted molar refractivity (Wildman–Crippen MR) is 118 cm³/mol. The summed E-state index contributed by atoms with van der Waals surface area (Å²) in [4.78, 5) is 35.6. The number of rotatable bonds is 5. The van der Waals surface area contributed by atoms with Crippen molar-refractivity contribution < 1.29 is 4.79 Å². The molecule has 6 nitrogen and oxygen atoms in total. The van der Waals surface area contributed by atoms with Crippen molar-refractivity contribution in [1.82, 2.24) is 9.97 Å². The Bertz CT molecular complexity index is 1020. The molecule has 2 aliphatic rings. The van der Waals surface area contributed by atoms with Gasteiger partial charge in [0.2, 0.25) is 0 Å². The van der Waals surface area contributed by atoms with Crippen molar-refractivity contribution >= 4 is 29.1 Å². The normalized spacial score (nSPS) is 18.2. The van der Waals surface area contributed by atoms with E-state index in [1.807, 2.05) is 18.4 Å². The molecule has 0 amide bonds. The fourth-order valence-electron chi connectivity index (χ4n) is 4.34. The molecular weight excluding hydrogens is 384 g/mol. The highest BCUT2D eigenvalue weighted by molar-refractivity contribution is 7.98. The molecule has 0 radical (unpaired) electrons. The average Bonchev–Trinajstić information content (AvgIpc) is 2.74. The number of aromatic nitrogens is 2. The van der Waals surface area contributed by atoms with Gasteiger partial charge < -0.3 is 15.2 Å². The number of thioether (sulfide) groups is 1. The number of allylic oxidation sites excluding steroid dienone is 2. The molecule has 29 heavy (non-hydrogen) atoms. The van der Waals surface area contributed by atoms with E-state index in [1.165, 1.54) is 11.8 Å². The molecule has 2 heterocycles. The number of H-pyrrole nitrogens is 1. The van der Waals surface area contributed by atoms with E-state index in [4.69, 9.17) is 0 Å². The largest absolute Gasteiger partial charge is 0.372 e. The second-order valence-electron chi connectivity index (χ2n) is 7.33. The van der Waals surface area contributed by atoms with Crippen molar-refractivity contribution in [3.8, 4) is 0 Å². The third-order valence-electron chi connectivity index (χ3n) is 5.78. The molecule has 0 unspecified atom stereocenters. The number of nitrogens with zero attached hydrogens (tertiary/aromatic N) is 2. The number of ketones is 1. The standard InChI is InChI=1S/C22H26N4O2S/c1-4-26(5-2)14-11-9-13(10-12-14)17-18-15(7-6-8-16(18)27)23-20-19(17)21(28)25-22(24-20)29-3/h9-12,17H,4-8H2,1-3H3,(H2,23,24,25,28)/t17-/m0/s1. The Morgan fingerprint density at radius 3 is 2.52 bits per heavy atom. The summed E-state index contributed by atoms with van der Waals surface area (Å²) in [5.41, 5.74) is 4.08. The van der Waals surface area contributed by atoms with Crippen LogP contribution in [0, 0.1) is 0 Å². The van der Waals surface area contributed by atoms with Crippen LogP contribution in [-0.2, 0) is 4.79 Å². The van der Waals surface area contributed by atoms with Gasteiger partial charge in [0.25, 0.3) is 5.56 Å². The van der Waals surface area contributed by atoms with Gasteiger partial charge in [0.05, 0.1) is 5.56 Å². The van der Waals surface area contributed by atoms with Crippen molar-refractivity contribution in [2.24, 2.45) is 0 Å². The molecule has 0 saturated carbocycles. The minimum absolute atomic E-state index is 0.121. The van der Waals surface area contributed by atoms with E-state index in [1.54, 1.807) is 0 Å². The fourth-order valence-corrected chi connectivity index (χ4v) is 4.71. The van der Waals surface area contributed by atoms with Crippen LogP contribution in [0.15, 0.2) is 45.5 Å². The molecule has 2 aromatic rings. The van der Waals surface area contributed by atoms with Crippen LogP contribution in [0.2, 0.25) is 0 Å². The molecule has 4 rings (SSSR count). The summed E-state index contributed by atoms with van der Waals surface area (Å²) in [6.45, 7) is 6.13. The third-order valence-corrected chi connectivity index (χ3v) is 6.36. The Morgan fingerprint density at radius 1 is 1.14 bits per heavy atom. The van der Waals surface area contributed by atoms with Gasteiger partial charge in [-0.2, -0.15) is 0 Å². The van der Waals surface area contributed by atoms with E-state index in [9.17, 15) is 9.59 Å². The molecular formula is C22H26N4O2S. The zero-order valence-electron chi connectivity index (χ0n) is 17.0. The number of hydrogen-bond donors (Lipinski definition) is 2. The molecule has 1 atom stereocenters. The van der Waals surface area contributed by atoms with Crippen molar-refractivity contribution in [1.29, 1.82) is 0 Å². The lowest BCUT2D eigenvalue weighted by Crippen LogP contribution is -2.32. The van der Waals surface area contributed by atoms with Gasteiger partial charge >= 0.3 is 0 Å². The number of Topliss-reactive ketones (excluding diaryl/α,β-unsaturated/α-hetero) is 1. The van der Waals surface area contributed by atoms with Crippen LogP contribution in [-0.4, -0.2) is 35.1 Å². The van der Waals surface area contributed by atoms with Crippen LogP contribution in [0.25, 0.3) is 0 Å². The second-order valence-corrected chi connectivity index (χ2v) is 8.12. The summed E-state index contributed by atoms with van der Waals surface area (Å²) in [6, 6.07) is 8.24. The first-order valence-corrected chi connectivity index (χ1v) is 11.4. The van der Waals surface area contributed by atoms with E-state index < -0.39 is 0 Å². The molecule has 0 bridgehead atoms. The summed E-state index contributed by atoms with van der Waals surface area (Å²) >= 11 is 1.40. The number of nitrogens with one attached hydrogen (secondary N) is 2. The van der Waals surface area contributed by atoms with Crippen molar-refractivity contribution in [2.45, 2.75) is 44.2 Å². The van der Waals surface area contributed by atoms with Gasteiger partial charge in [-0.05, 0) is 50.6 Å². The lowest BCUT2D eigenvalue weighted by atomic mass is 9.76. The minimum Gasteiger partial charge on any atom is -0.372 e. The Kier molecular flexibility index (Phi) is 5.50. The second kappa shape index (κ2) is 8.06. The number of anilines is 2. The summed E-state index contributed by atoms with van der Waals surface area (Å²) in [5, 5.41) is 3.87. The van der Waals surface area contributed by atoms with Crippen LogP contribution in [0.1, 0.15) is 50.2 Å². The average molecular weight is 411 g/mol. The Labute approximate surface area is 174 Å². The topological polar surface area (TPSA) is 78.1 Å². The van der Waals surface area contributed by atoms with Crippen LogP contribution in [0.4, 0.5) is 11.5 Å². The van der Waals surface area contributed by atoms with Crippen molar-refractivity contribution in [2.75, 3.05) is 29.6 Å². The molecule has 0 fully saturated rings. The monoisotopic (exact) mass is 410 g/mol. The maximum Gasteiger partial charge on any atom is 0.257 e. The summed E-state index contributed by atoms with van der Waals surface area (Å²) in [7, 11) is 0. The van der Waals surface area contributed by atoms with Gasteiger partial charge in [-0.15, -0.1) is 0 Å². The van der Waals surface area contributed by atoms with E-state index in [0.29, 0.717) is 23.0 Å². The van der Waals surface area contributed by atoms with E-state index in [0.717, 1.165) is 48.5 Å². The highest BCUT2D eigenvalue weighted by Crippen LogP contribution is 2.43. The first-order valence-electron chi connectivity index (χ1n) is 10.1. The number of carbonyl (C=O) groups is 1. The van der Waals surface area contributed by atoms with Crippen LogP contribution >= 0.6 is 11.8 Å². The molecule has 1 aromatic carbocycles. The van der Waals surface area contributed by atoms with Gasteiger partial charge in [-0.1, -0.05) is 23.9 Å². The van der Waals surface area contributed by atoms with Gasteiger partial charge in [-0.25, -0.2) is 4.98 Å². The third kappa shape index (κ3) is 3.48. The van der Waals surface area contributed by atoms with E-state index in [2.05, 4.69) is 46.2 Å². The molecule has 0 saturated heterocycles. The predicted octanol–water partition coefficient (Wildman–Crippen LogP) is 3.90. The SMILES string of the molecule is CCN(CC)c1ccc([C@H]2C3=C(CCCC3=O)Nc3nc(SC)[nH]c(=O)c32)cc1. The molecule has 2 N–H and O–H groups in total. The number of hydrogen-bond acceptors (Lipinski definition) is 6. The van der Waals surface area contributed by atoms with Gasteiger partial charge in [0, 0.05) is 42.4 Å².